The predicted octanol–water partition coefficient (Wildman–Crippen LogP) is 3.99. The summed E-state index contributed by atoms with van der Waals surface area (Å²) in [5.41, 5.74) is 1.99. The molecule has 1 saturated heterocycles. The van der Waals surface area contributed by atoms with E-state index >= 15 is 0 Å². The van der Waals surface area contributed by atoms with Gasteiger partial charge in [0.15, 0.2) is 0 Å². The quantitative estimate of drug-likeness (QED) is 0.724. The van der Waals surface area contributed by atoms with Crippen LogP contribution in [0.4, 0.5) is 0 Å². The lowest BCUT2D eigenvalue weighted by molar-refractivity contribution is -0.143. The van der Waals surface area contributed by atoms with Crippen molar-refractivity contribution in [2.45, 2.75) is 25.8 Å². The summed E-state index contributed by atoms with van der Waals surface area (Å²) in [7, 11) is 3.28. The second kappa shape index (κ2) is 9.65. The summed E-state index contributed by atoms with van der Waals surface area (Å²) < 4.78 is 16.8. The lowest BCUT2D eigenvalue weighted by Crippen LogP contribution is -2.41. The predicted molar refractivity (Wildman–Crippen MR) is 111 cm³/mol. The van der Waals surface area contributed by atoms with E-state index in [1.165, 1.54) is 0 Å². The molecule has 1 heterocycles. The Labute approximate surface area is 172 Å². The molecule has 3 rings (SSSR count). The Morgan fingerprint density at radius 3 is 2.69 bits per heavy atom. The Bertz CT molecular complexity index is 838. The van der Waals surface area contributed by atoms with E-state index in [1.54, 1.807) is 14.2 Å². The molecular weight excluding hydrogens is 370 g/mol. The average molecular weight is 399 g/mol. The molecule has 0 radical (unpaired) electrons. The van der Waals surface area contributed by atoms with Gasteiger partial charge in [-0.1, -0.05) is 12.1 Å². The molecule has 29 heavy (non-hydrogen) atoms. The van der Waals surface area contributed by atoms with Crippen molar-refractivity contribution in [2.24, 2.45) is 5.92 Å². The number of aliphatic carboxylic acids is 1. The minimum Gasteiger partial charge on any atom is -0.497 e. The van der Waals surface area contributed by atoms with Gasteiger partial charge in [0.05, 0.1) is 32.8 Å². The van der Waals surface area contributed by atoms with Crippen molar-refractivity contribution in [2.75, 3.05) is 33.9 Å². The highest BCUT2D eigenvalue weighted by molar-refractivity contribution is 5.70. The standard InChI is InChI=1S/C23H29NO5/c1-4-29-19-9-5-7-16(13-19)22(24-12-6-8-17(15-24)23(25)26)20-14-18(27-2)10-11-21(20)28-3/h5,7,9-11,13-14,17,22H,4,6,8,12,15H2,1-3H3,(H,25,26). The molecule has 1 fully saturated rings. The molecule has 6 heteroatoms. The van der Waals surface area contributed by atoms with Crippen molar-refractivity contribution in [3.63, 3.8) is 0 Å². The van der Waals surface area contributed by atoms with Gasteiger partial charge in [0, 0.05) is 12.1 Å². The third-order valence-corrected chi connectivity index (χ3v) is 5.38. The van der Waals surface area contributed by atoms with Crippen molar-refractivity contribution in [3.05, 3.63) is 53.6 Å². The Kier molecular flexibility index (Phi) is 6.99. The molecule has 2 unspecified atom stereocenters. The monoisotopic (exact) mass is 399 g/mol. The highest BCUT2D eigenvalue weighted by atomic mass is 16.5. The number of rotatable bonds is 8. The van der Waals surface area contributed by atoms with E-state index < -0.39 is 5.97 Å². The molecule has 0 aromatic heterocycles. The van der Waals surface area contributed by atoms with Crippen molar-refractivity contribution < 1.29 is 24.1 Å². The molecule has 0 saturated carbocycles. The van der Waals surface area contributed by atoms with Crippen molar-refractivity contribution in [3.8, 4) is 17.2 Å². The number of carboxylic acid groups (broad SMARTS) is 1. The number of methoxy groups -OCH3 is 2. The van der Waals surface area contributed by atoms with Crippen LogP contribution in [0.5, 0.6) is 17.2 Å². The lowest BCUT2D eigenvalue weighted by Gasteiger charge is -2.38. The zero-order valence-corrected chi connectivity index (χ0v) is 17.3. The van der Waals surface area contributed by atoms with Crippen LogP contribution in [0.15, 0.2) is 42.5 Å². The number of nitrogens with zero attached hydrogens (tertiary/aromatic N) is 1. The maximum Gasteiger partial charge on any atom is 0.307 e. The molecule has 1 aliphatic rings. The van der Waals surface area contributed by atoms with E-state index in [-0.39, 0.29) is 12.0 Å². The number of hydrogen-bond acceptors (Lipinski definition) is 5. The highest BCUT2D eigenvalue weighted by Gasteiger charge is 2.33. The molecule has 0 aliphatic carbocycles. The van der Waals surface area contributed by atoms with Crippen LogP contribution >= 0.6 is 0 Å². The number of benzene rings is 2. The number of likely N-dealkylation sites (tertiary alicyclic amines) is 1. The van der Waals surface area contributed by atoms with Gasteiger partial charge >= 0.3 is 5.97 Å². The largest absolute Gasteiger partial charge is 0.497 e. The van der Waals surface area contributed by atoms with E-state index in [0.29, 0.717) is 19.6 Å². The van der Waals surface area contributed by atoms with Crippen LogP contribution in [0.1, 0.15) is 36.9 Å². The van der Waals surface area contributed by atoms with Crippen molar-refractivity contribution >= 4 is 5.97 Å². The Balaban J connectivity index is 2.09. The first kappa shape index (κ1) is 21.0. The topological polar surface area (TPSA) is 68.2 Å². The molecule has 1 aliphatic heterocycles. The van der Waals surface area contributed by atoms with E-state index in [2.05, 4.69) is 11.0 Å². The molecule has 2 aromatic rings. The fourth-order valence-corrected chi connectivity index (χ4v) is 4.02. The van der Waals surface area contributed by atoms with Crippen LogP contribution in [0.25, 0.3) is 0 Å². The Morgan fingerprint density at radius 1 is 1.17 bits per heavy atom. The summed E-state index contributed by atoms with van der Waals surface area (Å²) in [5, 5.41) is 9.58. The van der Waals surface area contributed by atoms with Crippen molar-refractivity contribution in [1.29, 1.82) is 0 Å². The van der Waals surface area contributed by atoms with Gasteiger partial charge in [-0.3, -0.25) is 9.69 Å². The average Bonchev–Trinajstić information content (AvgIpc) is 2.74. The first-order chi connectivity index (χ1) is 14.1. The fourth-order valence-electron chi connectivity index (χ4n) is 4.02. The number of hydrogen-bond donors (Lipinski definition) is 1. The van der Waals surface area contributed by atoms with Gasteiger partial charge in [-0.05, 0) is 62.2 Å². The second-order valence-electron chi connectivity index (χ2n) is 7.19. The van der Waals surface area contributed by atoms with Gasteiger partial charge in [0.25, 0.3) is 0 Å². The molecule has 6 nitrogen and oxygen atoms in total. The minimum absolute atomic E-state index is 0.164. The van der Waals surface area contributed by atoms with E-state index in [4.69, 9.17) is 14.2 Å². The Morgan fingerprint density at radius 2 is 2.00 bits per heavy atom. The van der Waals surface area contributed by atoms with Crippen LogP contribution < -0.4 is 14.2 Å². The molecular formula is C23H29NO5. The first-order valence-electron chi connectivity index (χ1n) is 9.98. The summed E-state index contributed by atoms with van der Waals surface area (Å²) in [6, 6.07) is 13.6. The van der Waals surface area contributed by atoms with Gasteiger partial charge in [-0.15, -0.1) is 0 Å². The maximum atomic E-state index is 11.7. The molecule has 2 aromatic carbocycles. The molecule has 2 atom stereocenters. The van der Waals surface area contributed by atoms with E-state index in [0.717, 1.165) is 41.3 Å². The van der Waals surface area contributed by atoms with Gasteiger partial charge in [0.2, 0.25) is 0 Å². The molecule has 0 spiro atoms. The summed E-state index contributed by atoms with van der Waals surface area (Å²) in [6.07, 6.45) is 1.54. The fraction of sp³-hybridized carbons (Fsp3) is 0.435. The summed E-state index contributed by atoms with van der Waals surface area (Å²) in [5.74, 6) is 1.16. The normalized spacial score (nSPS) is 18.1. The third kappa shape index (κ3) is 4.82. The van der Waals surface area contributed by atoms with Crippen molar-refractivity contribution in [1.82, 2.24) is 4.90 Å². The van der Waals surface area contributed by atoms with Crippen LogP contribution in [0, 0.1) is 5.92 Å². The van der Waals surface area contributed by atoms with Gasteiger partial charge in [0.1, 0.15) is 17.2 Å². The third-order valence-electron chi connectivity index (χ3n) is 5.38. The number of piperidine rings is 1. The van der Waals surface area contributed by atoms with E-state index in [1.807, 2.05) is 43.3 Å². The molecule has 0 bridgehead atoms. The maximum absolute atomic E-state index is 11.7. The van der Waals surface area contributed by atoms with Crippen LogP contribution in [0.2, 0.25) is 0 Å². The van der Waals surface area contributed by atoms with Gasteiger partial charge < -0.3 is 19.3 Å². The SMILES string of the molecule is CCOc1cccc(C(c2cc(OC)ccc2OC)N2CCCC(C(=O)O)C2)c1. The summed E-state index contributed by atoms with van der Waals surface area (Å²) >= 11 is 0. The van der Waals surface area contributed by atoms with Crippen LogP contribution in [-0.2, 0) is 4.79 Å². The number of ether oxygens (including phenoxy) is 3. The highest BCUT2D eigenvalue weighted by Crippen LogP contribution is 2.39. The second-order valence-corrected chi connectivity index (χ2v) is 7.19. The number of carbonyl (C=O) groups is 1. The molecule has 0 amide bonds. The smallest absolute Gasteiger partial charge is 0.307 e. The number of carboxylic acids is 1. The van der Waals surface area contributed by atoms with Gasteiger partial charge in [-0.25, -0.2) is 0 Å². The molecule has 1 N–H and O–H groups in total. The minimum atomic E-state index is -0.742. The summed E-state index contributed by atoms with van der Waals surface area (Å²) in [4.78, 5) is 13.9. The lowest BCUT2D eigenvalue weighted by atomic mass is 9.90. The zero-order chi connectivity index (χ0) is 20.8. The zero-order valence-electron chi connectivity index (χ0n) is 17.3. The first-order valence-corrected chi connectivity index (χ1v) is 9.98. The van der Waals surface area contributed by atoms with Crippen LogP contribution in [-0.4, -0.2) is 49.9 Å². The van der Waals surface area contributed by atoms with E-state index in [9.17, 15) is 9.90 Å². The van der Waals surface area contributed by atoms with Gasteiger partial charge in [-0.2, -0.15) is 0 Å². The molecule has 156 valence electrons. The van der Waals surface area contributed by atoms with Crippen LogP contribution in [0.3, 0.4) is 0 Å². The Hall–Kier alpha value is -2.73. The summed E-state index contributed by atoms with van der Waals surface area (Å²) in [6.45, 7) is 3.84.